The molecule has 0 saturated heterocycles. The molecule has 0 aromatic carbocycles. The van der Waals surface area contributed by atoms with E-state index in [0.717, 1.165) is 5.69 Å². The zero-order valence-corrected chi connectivity index (χ0v) is 19.3. The number of carbonyl (C=O) groups excluding carboxylic acids is 2. The molecule has 6 atom stereocenters. The largest absolute Gasteiger partial charge is 0.393 e. The number of pyridine rings is 1. The first-order valence-corrected chi connectivity index (χ1v) is 11.1. The Morgan fingerprint density at radius 1 is 1.25 bits per heavy atom. The van der Waals surface area contributed by atoms with Crippen LogP contribution in [0.5, 0.6) is 0 Å². The van der Waals surface area contributed by atoms with Gasteiger partial charge in [0, 0.05) is 24.2 Å². The number of aliphatic hydroxyl groups excluding tert-OH is 2. The lowest BCUT2D eigenvalue weighted by atomic mass is 9.79. The third-order valence-corrected chi connectivity index (χ3v) is 6.13. The van der Waals surface area contributed by atoms with E-state index in [9.17, 15) is 24.9 Å². The van der Waals surface area contributed by atoms with Gasteiger partial charge in [0.05, 0.1) is 17.6 Å². The number of carbonyl (C=O) groups is 2. The summed E-state index contributed by atoms with van der Waals surface area (Å²) in [7, 11) is 0. The minimum absolute atomic E-state index is 0.0822. The average molecular weight is 442 g/mol. The van der Waals surface area contributed by atoms with Gasteiger partial charge in [-0.2, -0.15) is 0 Å². The van der Waals surface area contributed by atoms with E-state index in [2.05, 4.69) is 4.98 Å². The fraction of sp³-hybridized carbons (Fsp3) is 0.500. The Labute approximate surface area is 190 Å². The highest BCUT2D eigenvalue weighted by Gasteiger charge is 2.34. The van der Waals surface area contributed by atoms with Crippen LogP contribution in [-0.2, 0) is 9.59 Å². The number of ketones is 2. The van der Waals surface area contributed by atoms with Gasteiger partial charge in [0.25, 0.3) is 0 Å². The Morgan fingerprint density at radius 3 is 2.62 bits per heavy atom. The first-order chi connectivity index (χ1) is 15.0. The summed E-state index contributed by atoms with van der Waals surface area (Å²) in [5.41, 5.74) is 0.199. The van der Waals surface area contributed by atoms with Crippen molar-refractivity contribution in [1.29, 1.82) is 0 Å². The summed E-state index contributed by atoms with van der Waals surface area (Å²) < 4.78 is 0. The lowest BCUT2D eigenvalue weighted by Crippen LogP contribution is -2.40. The van der Waals surface area contributed by atoms with Gasteiger partial charge >= 0.3 is 0 Å². The molecule has 6 heteroatoms. The van der Waals surface area contributed by atoms with Crippen LogP contribution in [0.1, 0.15) is 58.6 Å². The van der Waals surface area contributed by atoms with Crippen LogP contribution in [0, 0.1) is 11.8 Å². The fourth-order valence-electron chi connectivity index (χ4n) is 3.88. The predicted molar refractivity (Wildman–Crippen MR) is 124 cm³/mol. The van der Waals surface area contributed by atoms with Crippen molar-refractivity contribution in [3.63, 3.8) is 0 Å². The molecular formula is C26H35NO5. The lowest BCUT2D eigenvalue weighted by molar-refractivity contribution is -0.140. The minimum Gasteiger partial charge on any atom is -0.393 e. The third kappa shape index (κ3) is 7.05. The second kappa shape index (κ2) is 11.5. The van der Waals surface area contributed by atoms with Gasteiger partial charge in [-0.05, 0) is 44.7 Å². The summed E-state index contributed by atoms with van der Waals surface area (Å²) in [6, 6.07) is 5.73. The van der Waals surface area contributed by atoms with Gasteiger partial charge in [-0.1, -0.05) is 55.9 Å². The number of hydrogen-bond donors (Lipinski definition) is 3. The molecule has 2 rings (SSSR count). The Bertz CT molecular complexity index is 871. The number of allylic oxidation sites excluding steroid dienone is 5. The van der Waals surface area contributed by atoms with Crippen molar-refractivity contribution in [3.8, 4) is 0 Å². The third-order valence-electron chi connectivity index (χ3n) is 6.13. The van der Waals surface area contributed by atoms with Crippen LogP contribution in [0.2, 0.25) is 0 Å². The standard InChI is InChI=1S/C26H35NO5/c1-17(21-10-5-6-15-27-21)8-7-9-18(2)24-19(3)11-12-23(30)26(4,32)14-13-20(28)16-22(29)25(24)31/h5-12,15,17,19-20,23-24,28,30,32H,13-14,16H2,1-4H3/b8-7+,12-11+,18-9+/t17-,19-,20-,23-,24+,26-/m0/s1. The molecule has 1 aromatic heterocycles. The quantitative estimate of drug-likeness (QED) is 0.376. The Morgan fingerprint density at radius 2 is 1.97 bits per heavy atom. The molecule has 6 nitrogen and oxygen atoms in total. The molecule has 1 heterocycles. The second-order valence-corrected chi connectivity index (χ2v) is 9.05. The number of rotatable bonds is 4. The van der Waals surface area contributed by atoms with E-state index in [4.69, 9.17) is 0 Å². The monoisotopic (exact) mass is 441 g/mol. The van der Waals surface area contributed by atoms with Gasteiger partial charge in [-0.15, -0.1) is 0 Å². The van der Waals surface area contributed by atoms with E-state index >= 15 is 0 Å². The SMILES string of the molecule is C/C(=C\C=C\[C@H](C)c1ccccn1)[C@H]1C(=O)C(=O)C[C@@H](O)CC[C@](C)(O)[C@@H](O)/C=C/[C@@H]1C. The van der Waals surface area contributed by atoms with E-state index in [-0.39, 0.29) is 31.1 Å². The molecule has 1 aromatic rings. The number of nitrogens with zero attached hydrogens (tertiary/aromatic N) is 1. The van der Waals surface area contributed by atoms with Crippen molar-refractivity contribution in [2.75, 3.05) is 0 Å². The zero-order chi connectivity index (χ0) is 23.9. The summed E-state index contributed by atoms with van der Waals surface area (Å²) in [6.45, 7) is 7.11. The van der Waals surface area contributed by atoms with Crippen LogP contribution in [0.3, 0.4) is 0 Å². The Balaban J connectivity index is 2.30. The maximum absolute atomic E-state index is 13.0. The highest BCUT2D eigenvalue weighted by molar-refractivity contribution is 6.38. The van der Waals surface area contributed by atoms with Gasteiger partial charge in [-0.25, -0.2) is 0 Å². The molecule has 0 radical (unpaired) electrons. The van der Waals surface area contributed by atoms with E-state index in [1.54, 1.807) is 26.1 Å². The molecule has 0 bridgehead atoms. The molecule has 0 amide bonds. The predicted octanol–water partition coefficient (Wildman–Crippen LogP) is 3.29. The van der Waals surface area contributed by atoms with Crippen LogP contribution >= 0.6 is 0 Å². The second-order valence-electron chi connectivity index (χ2n) is 9.05. The fourth-order valence-corrected chi connectivity index (χ4v) is 3.88. The van der Waals surface area contributed by atoms with Gasteiger partial charge in [-0.3, -0.25) is 14.6 Å². The van der Waals surface area contributed by atoms with Gasteiger partial charge < -0.3 is 15.3 Å². The first-order valence-electron chi connectivity index (χ1n) is 11.1. The highest BCUT2D eigenvalue weighted by atomic mass is 16.3. The molecule has 0 spiro atoms. The van der Waals surface area contributed by atoms with Crippen molar-refractivity contribution in [2.45, 2.75) is 70.7 Å². The smallest absolute Gasteiger partial charge is 0.206 e. The summed E-state index contributed by atoms with van der Waals surface area (Å²) in [4.78, 5) is 29.9. The molecule has 1 aliphatic carbocycles. The Hall–Kier alpha value is -2.41. The molecule has 0 unspecified atom stereocenters. The summed E-state index contributed by atoms with van der Waals surface area (Å²) in [5, 5.41) is 31.1. The van der Waals surface area contributed by atoms with Crippen molar-refractivity contribution >= 4 is 11.6 Å². The van der Waals surface area contributed by atoms with E-state index in [1.807, 2.05) is 43.4 Å². The van der Waals surface area contributed by atoms with Crippen molar-refractivity contribution in [1.82, 2.24) is 4.98 Å². The molecule has 0 saturated carbocycles. The lowest BCUT2D eigenvalue weighted by Gasteiger charge is -2.29. The number of aliphatic hydroxyl groups is 3. The maximum atomic E-state index is 13.0. The van der Waals surface area contributed by atoms with Crippen LogP contribution < -0.4 is 0 Å². The van der Waals surface area contributed by atoms with E-state index in [0.29, 0.717) is 5.57 Å². The number of hydrogen-bond acceptors (Lipinski definition) is 6. The van der Waals surface area contributed by atoms with Gasteiger partial charge in [0.15, 0.2) is 0 Å². The van der Waals surface area contributed by atoms with Gasteiger partial charge in [0.2, 0.25) is 11.6 Å². The van der Waals surface area contributed by atoms with Crippen molar-refractivity contribution in [2.24, 2.45) is 11.8 Å². The molecule has 0 fully saturated rings. The average Bonchev–Trinajstić information content (AvgIpc) is 2.76. The van der Waals surface area contributed by atoms with Crippen LogP contribution in [0.25, 0.3) is 0 Å². The van der Waals surface area contributed by atoms with Crippen LogP contribution in [0.4, 0.5) is 0 Å². The highest BCUT2D eigenvalue weighted by Crippen LogP contribution is 2.28. The number of aromatic nitrogens is 1. The normalized spacial score (nSPS) is 32.9. The Kier molecular flexibility index (Phi) is 9.25. The molecule has 174 valence electrons. The summed E-state index contributed by atoms with van der Waals surface area (Å²) in [5.74, 6) is -2.20. The molecule has 0 aliphatic heterocycles. The molecule has 1 aliphatic rings. The summed E-state index contributed by atoms with van der Waals surface area (Å²) in [6.07, 6.45) is 8.25. The van der Waals surface area contributed by atoms with E-state index < -0.39 is 35.3 Å². The zero-order valence-electron chi connectivity index (χ0n) is 19.3. The van der Waals surface area contributed by atoms with Crippen molar-refractivity contribution in [3.05, 3.63) is 66.0 Å². The molecular weight excluding hydrogens is 406 g/mol. The van der Waals surface area contributed by atoms with Crippen LogP contribution in [0.15, 0.2) is 60.3 Å². The van der Waals surface area contributed by atoms with Gasteiger partial charge in [0.1, 0.15) is 6.10 Å². The van der Waals surface area contributed by atoms with E-state index in [1.165, 1.54) is 13.0 Å². The first kappa shape index (κ1) is 25.8. The van der Waals surface area contributed by atoms with Crippen molar-refractivity contribution < 1.29 is 24.9 Å². The molecule has 3 N–H and O–H groups in total. The minimum atomic E-state index is -1.44. The topological polar surface area (TPSA) is 108 Å². The summed E-state index contributed by atoms with van der Waals surface area (Å²) >= 11 is 0. The number of Topliss-reactive ketones (excluding diaryl/α,β-unsaturated/α-hetero) is 2. The molecule has 32 heavy (non-hydrogen) atoms. The van der Waals surface area contributed by atoms with Crippen LogP contribution in [-0.4, -0.2) is 49.7 Å². The maximum Gasteiger partial charge on any atom is 0.206 e.